The predicted molar refractivity (Wildman–Crippen MR) is 61.1 cm³/mol. The third kappa shape index (κ3) is 4.02. The molecule has 0 unspecified atom stereocenters. The molecule has 0 saturated carbocycles. The summed E-state index contributed by atoms with van der Waals surface area (Å²) in [5, 5.41) is 0. The van der Waals surface area contributed by atoms with E-state index in [0.717, 1.165) is 23.9 Å². The largest absolute Gasteiger partial charge is 0.573 e. The second kappa shape index (κ2) is 5.35. The van der Waals surface area contributed by atoms with Crippen molar-refractivity contribution < 1.29 is 22.7 Å². The molecule has 1 aromatic heterocycles. The molecule has 0 aliphatic rings. The van der Waals surface area contributed by atoms with Gasteiger partial charge in [-0.2, -0.15) is 8.75 Å². The zero-order chi connectivity index (χ0) is 13.9. The Bertz CT molecular complexity index is 552. The fourth-order valence-electron chi connectivity index (χ4n) is 1.37. The molecular weight excluding hydrogens is 281 g/mol. The molecule has 4 nitrogen and oxygen atoms in total. The highest BCUT2D eigenvalue weighted by molar-refractivity contribution is 6.99. The van der Waals surface area contributed by atoms with E-state index < -0.39 is 6.36 Å². The van der Waals surface area contributed by atoms with Crippen molar-refractivity contribution in [1.29, 1.82) is 0 Å². The van der Waals surface area contributed by atoms with E-state index in [2.05, 4.69) is 13.5 Å². The number of Topliss-reactive ketones (excluding diaryl/α,β-unsaturated/α-hetero) is 1. The number of carbonyl (C=O) groups is 1. The van der Waals surface area contributed by atoms with Crippen LogP contribution in [0, 0.1) is 0 Å². The summed E-state index contributed by atoms with van der Waals surface area (Å²) in [7, 11) is 0. The van der Waals surface area contributed by atoms with Gasteiger partial charge in [0.05, 0.1) is 17.9 Å². The molecule has 2 rings (SSSR count). The van der Waals surface area contributed by atoms with Crippen LogP contribution in [0.1, 0.15) is 16.1 Å². The molecule has 19 heavy (non-hydrogen) atoms. The van der Waals surface area contributed by atoms with Crippen LogP contribution < -0.4 is 4.74 Å². The van der Waals surface area contributed by atoms with Gasteiger partial charge in [0.25, 0.3) is 0 Å². The maximum Gasteiger partial charge on any atom is 0.573 e. The maximum absolute atomic E-state index is 11.9. The molecule has 0 spiro atoms. The minimum atomic E-state index is -4.72. The van der Waals surface area contributed by atoms with Crippen LogP contribution in [0.25, 0.3) is 0 Å². The second-order valence-corrected chi connectivity index (χ2v) is 4.14. The van der Waals surface area contributed by atoms with Gasteiger partial charge in [-0.3, -0.25) is 4.79 Å². The molecule has 2 aromatic rings. The Morgan fingerprint density at radius 1 is 1.26 bits per heavy atom. The summed E-state index contributed by atoms with van der Waals surface area (Å²) in [6.07, 6.45) is -3.31. The molecule has 0 amide bonds. The van der Waals surface area contributed by atoms with Gasteiger partial charge in [0.1, 0.15) is 11.4 Å². The lowest BCUT2D eigenvalue weighted by molar-refractivity contribution is -0.274. The van der Waals surface area contributed by atoms with E-state index in [1.165, 1.54) is 18.3 Å². The maximum atomic E-state index is 11.9. The zero-order valence-electron chi connectivity index (χ0n) is 9.35. The van der Waals surface area contributed by atoms with Crippen molar-refractivity contribution in [3.8, 4) is 5.75 Å². The lowest BCUT2D eigenvalue weighted by Gasteiger charge is -2.08. The first-order valence-corrected chi connectivity index (χ1v) is 5.82. The number of rotatable bonds is 4. The Kier molecular flexibility index (Phi) is 3.79. The Balaban J connectivity index is 2.01. The average molecular weight is 288 g/mol. The van der Waals surface area contributed by atoms with E-state index >= 15 is 0 Å². The number of alkyl halides is 3. The molecule has 0 N–H and O–H groups in total. The number of ether oxygens (including phenoxy) is 1. The second-order valence-electron chi connectivity index (χ2n) is 3.58. The van der Waals surface area contributed by atoms with Crippen molar-refractivity contribution in [2.24, 2.45) is 0 Å². The summed E-state index contributed by atoms with van der Waals surface area (Å²) in [6.45, 7) is 0. The van der Waals surface area contributed by atoms with Crippen LogP contribution in [-0.4, -0.2) is 20.9 Å². The summed E-state index contributed by atoms with van der Waals surface area (Å²) in [5.41, 5.74) is 0.827. The molecule has 0 radical (unpaired) electrons. The van der Waals surface area contributed by atoms with Gasteiger partial charge < -0.3 is 4.74 Å². The number of hydrogen-bond acceptors (Lipinski definition) is 5. The number of nitrogens with zero attached hydrogens (tertiary/aromatic N) is 2. The molecule has 0 fully saturated rings. The summed E-state index contributed by atoms with van der Waals surface area (Å²) in [6, 6.07) is 5.13. The van der Waals surface area contributed by atoms with E-state index in [1.807, 2.05) is 0 Å². The Hall–Kier alpha value is -1.96. The molecule has 0 atom stereocenters. The predicted octanol–water partition coefficient (Wildman–Crippen LogP) is 2.86. The van der Waals surface area contributed by atoms with Crippen LogP contribution in [0.2, 0.25) is 0 Å². The van der Waals surface area contributed by atoms with Gasteiger partial charge in [0.2, 0.25) is 0 Å². The minimum Gasteiger partial charge on any atom is -0.406 e. The van der Waals surface area contributed by atoms with Crippen molar-refractivity contribution in [2.75, 3.05) is 0 Å². The fraction of sp³-hybridized carbons (Fsp3) is 0.182. The standard InChI is InChI=1S/C11H7F3N2O2S/c12-11(13,14)18-8-3-1-7(2-4-8)5-10(17)9-6-15-19-16-9/h1-4,6H,5H2. The molecule has 0 aliphatic heterocycles. The van der Waals surface area contributed by atoms with Gasteiger partial charge in [0, 0.05) is 6.42 Å². The van der Waals surface area contributed by atoms with Gasteiger partial charge in [-0.15, -0.1) is 13.2 Å². The number of hydrogen-bond donors (Lipinski definition) is 0. The van der Waals surface area contributed by atoms with Gasteiger partial charge in [-0.05, 0) is 17.7 Å². The molecule has 1 aromatic carbocycles. The normalized spacial score (nSPS) is 11.3. The number of benzene rings is 1. The average Bonchev–Trinajstić information content (AvgIpc) is 2.83. The minimum absolute atomic E-state index is 0.0533. The quantitative estimate of drug-likeness (QED) is 0.812. The topological polar surface area (TPSA) is 52.1 Å². The SMILES string of the molecule is O=C(Cc1ccc(OC(F)(F)F)cc1)c1cnsn1. The molecule has 100 valence electrons. The van der Waals surface area contributed by atoms with E-state index in [0.29, 0.717) is 5.56 Å². The smallest absolute Gasteiger partial charge is 0.406 e. The highest BCUT2D eigenvalue weighted by atomic mass is 32.1. The molecule has 1 heterocycles. The van der Waals surface area contributed by atoms with Gasteiger partial charge in [-0.1, -0.05) is 12.1 Å². The van der Waals surface area contributed by atoms with Crippen molar-refractivity contribution in [3.63, 3.8) is 0 Å². The van der Waals surface area contributed by atoms with E-state index in [-0.39, 0.29) is 23.6 Å². The van der Waals surface area contributed by atoms with Gasteiger partial charge in [0.15, 0.2) is 5.78 Å². The van der Waals surface area contributed by atoms with Gasteiger partial charge in [-0.25, -0.2) is 0 Å². The first-order chi connectivity index (χ1) is 8.94. The molecule has 0 aliphatic carbocycles. The number of ketones is 1. The van der Waals surface area contributed by atoms with Crippen molar-refractivity contribution in [3.05, 3.63) is 41.7 Å². The van der Waals surface area contributed by atoms with Crippen molar-refractivity contribution in [1.82, 2.24) is 8.75 Å². The van der Waals surface area contributed by atoms with Crippen molar-refractivity contribution in [2.45, 2.75) is 12.8 Å². The van der Waals surface area contributed by atoms with E-state index in [9.17, 15) is 18.0 Å². The molecule has 8 heteroatoms. The lowest BCUT2D eigenvalue weighted by Crippen LogP contribution is -2.17. The Labute approximate surface area is 110 Å². The lowest BCUT2D eigenvalue weighted by atomic mass is 10.1. The monoisotopic (exact) mass is 288 g/mol. The number of aromatic nitrogens is 2. The fourth-order valence-corrected chi connectivity index (χ4v) is 1.80. The summed E-state index contributed by atoms with van der Waals surface area (Å²) < 4.78 is 47.1. The highest BCUT2D eigenvalue weighted by Gasteiger charge is 2.30. The molecule has 0 bridgehead atoms. The zero-order valence-corrected chi connectivity index (χ0v) is 10.2. The number of carbonyl (C=O) groups excluding carboxylic acids is 1. The summed E-state index contributed by atoms with van der Waals surface area (Å²) >= 11 is 0.921. The summed E-state index contributed by atoms with van der Waals surface area (Å²) in [4.78, 5) is 11.7. The van der Waals surface area contributed by atoms with Crippen LogP contribution in [0.15, 0.2) is 30.5 Å². The van der Waals surface area contributed by atoms with Crippen LogP contribution >= 0.6 is 11.7 Å². The molecular formula is C11H7F3N2O2S. The first kappa shape index (κ1) is 13.5. The van der Waals surface area contributed by atoms with Crippen LogP contribution in [0.3, 0.4) is 0 Å². The highest BCUT2D eigenvalue weighted by Crippen LogP contribution is 2.23. The number of halogens is 3. The molecule has 0 saturated heterocycles. The first-order valence-electron chi connectivity index (χ1n) is 5.09. The summed E-state index contributed by atoms with van der Waals surface area (Å²) in [5.74, 6) is -0.558. The van der Waals surface area contributed by atoms with E-state index in [4.69, 9.17) is 0 Å². The van der Waals surface area contributed by atoms with E-state index in [1.54, 1.807) is 0 Å². The van der Waals surface area contributed by atoms with Crippen LogP contribution in [0.4, 0.5) is 13.2 Å². The third-order valence-electron chi connectivity index (χ3n) is 2.17. The van der Waals surface area contributed by atoms with Crippen LogP contribution in [0.5, 0.6) is 5.75 Å². The Morgan fingerprint density at radius 3 is 2.47 bits per heavy atom. The Morgan fingerprint density at radius 2 is 1.95 bits per heavy atom. The third-order valence-corrected chi connectivity index (χ3v) is 2.65. The van der Waals surface area contributed by atoms with Crippen molar-refractivity contribution >= 4 is 17.5 Å². The van der Waals surface area contributed by atoms with Crippen LogP contribution in [-0.2, 0) is 6.42 Å². The van der Waals surface area contributed by atoms with Gasteiger partial charge >= 0.3 is 6.36 Å².